The average molecular weight is 272 g/mol. The Morgan fingerprint density at radius 3 is 2.58 bits per heavy atom. The third-order valence-electron chi connectivity index (χ3n) is 3.37. The molecule has 106 valence electrons. The van der Waals surface area contributed by atoms with Gasteiger partial charge < -0.3 is 15.8 Å². The molecular formula is C12H18F2N4O. The minimum Gasteiger partial charge on any atom is -0.391 e. The number of halogens is 2. The second-order valence-electron chi connectivity index (χ2n) is 4.75. The van der Waals surface area contributed by atoms with Crippen molar-refractivity contribution in [1.29, 1.82) is 0 Å². The second-order valence-corrected chi connectivity index (χ2v) is 4.75. The van der Waals surface area contributed by atoms with Crippen molar-refractivity contribution in [3.05, 3.63) is 17.7 Å². The summed E-state index contributed by atoms with van der Waals surface area (Å²) >= 11 is 0. The van der Waals surface area contributed by atoms with Crippen LogP contribution >= 0.6 is 0 Å². The number of anilines is 2. The van der Waals surface area contributed by atoms with Crippen molar-refractivity contribution in [1.82, 2.24) is 4.98 Å². The first-order valence-corrected chi connectivity index (χ1v) is 6.39. The van der Waals surface area contributed by atoms with E-state index >= 15 is 0 Å². The molecule has 2 rings (SSSR count). The summed E-state index contributed by atoms with van der Waals surface area (Å²) in [6.45, 7) is 0. The van der Waals surface area contributed by atoms with Crippen molar-refractivity contribution >= 4 is 11.6 Å². The van der Waals surface area contributed by atoms with Crippen LogP contribution in [0.5, 0.6) is 0 Å². The third-order valence-corrected chi connectivity index (χ3v) is 3.37. The van der Waals surface area contributed by atoms with Crippen molar-refractivity contribution in [2.75, 3.05) is 10.7 Å². The van der Waals surface area contributed by atoms with E-state index in [0.29, 0.717) is 12.5 Å². The maximum absolute atomic E-state index is 13.6. The molecule has 1 aromatic rings. The van der Waals surface area contributed by atoms with E-state index in [1.807, 2.05) is 0 Å². The zero-order chi connectivity index (χ0) is 13.8. The van der Waals surface area contributed by atoms with Crippen LogP contribution in [0.4, 0.5) is 20.4 Å². The number of hydrogen-bond donors (Lipinski definition) is 4. The standard InChI is InChI=1S/C12H18F2N4O/c13-7-6-8(14)12(18-15)17-11(7)16-9-4-2-1-3-5-10(9)19/h6,9-10,19H,1-5,15H2,(H2,16,17,18). The van der Waals surface area contributed by atoms with E-state index in [0.717, 1.165) is 25.7 Å². The monoisotopic (exact) mass is 272 g/mol. The van der Waals surface area contributed by atoms with E-state index in [1.54, 1.807) is 0 Å². The Bertz CT molecular complexity index is 444. The first-order valence-electron chi connectivity index (χ1n) is 6.39. The number of rotatable bonds is 3. The van der Waals surface area contributed by atoms with Gasteiger partial charge in [-0.05, 0) is 12.8 Å². The molecule has 2 unspecified atom stereocenters. The Hall–Kier alpha value is -1.47. The molecule has 1 aromatic heterocycles. The molecule has 0 radical (unpaired) electrons. The predicted molar refractivity (Wildman–Crippen MR) is 68.5 cm³/mol. The number of nitrogens with two attached hydrogens (primary N) is 1. The van der Waals surface area contributed by atoms with Gasteiger partial charge in [-0.15, -0.1) is 0 Å². The number of aromatic nitrogens is 1. The molecule has 7 heteroatoms. The SMILES string of the molecule is NNc1nc(NC2CCCCCC2O)c(F)cc1F. The van der Waals surface area contributed by atoms with E-state index in [1.165, 1.54) is 0 Å². The molecule has 5 N–H and O–H groups in total. The Balaban J connectivity index is 2.17. The summed E-state index contributed by atoms with van der Waals surface area (Å²) in [7, 11) is 0. The topological polar surface area (TPSA) is 83.2 Å². The Morgan fingerprint density at radius 1 is 1.16 bits per heavy atom. The first kappa shape index (κ1) is 14.0. The van der Waals surface area contributed by atoms with Crippen molar-refractivity contribution in [3.63, 3.8) is 0 Å². The summed E-state index contributed by atoms with van der Waals surface area (Å²) in [4.78, 5) is 3.74. The number of hydrogen-bond acceptors (Lipinski definition) is 5. The van der Waals surface area contributed by atoms with Gasteiger partial charge in [0.1, 0.15) is 0 Å². The molecule has 0 bridgehead atoms. The van der Waals surface area contributed by atoms with Crippen LogP contribution in [0.3, 0.4) is 0 Å². The molecule has 0 spiro atoms. The van der Waals surface area contributed by atoms with Gasteiger partial charge in [0, 0.05) is 6.07 Å². The number of aliphatic hydroxyl groups is 1. The van der Waals surface area contributed by atoms with Crippen molar-refractivity contribution in [2.24, 2.45) is 5.84 Å². The minimum atomic E-state index is -0.855. The van der Waals surface area contributed by atoms with Crippen LogP contribution in [-0.2, 0) is 0 Å². The lowest BCUT2D eigenvalue weighted by molar-refractivity contribution is 0.144. The van der Waals surface area contributed by atoms with Crippen molar-refractivity contribution < 1.29 is 13.9 Å². The quantitative estimate of drug-likeness (QED) is 0.383. The Labute approximate surface area is 110 Å². The molecule has 2 atom stereocenters. The van der Waals surface area contributed by atoms with Crippen LogP contribution in [0.15, 0.2) is 6.07 Å². The molecule has 0 saturated heterocycles. The van der Waals surface area contributed by atoms with Gasteiger partial charge in [0.25, 0.3) is 0 Å². The Kier molecular flexibility index (Phi) is 4.49. The average Bonchev–Trinajstić information content (AvgIpc) is 2.58. The van der Waals surface area contributed by atoms with Gasteiger partial charge in [-0.3, -0.25) is 0 Å². The summed E-state index contributed by atoms with van der Waals surface area (Å²) in [6, 6.07) is 0.439. The molecular weight excluding hydrogens is 254 g/mol. The normalized spacial score (nSPS) is 23.8. The number of nitrogens with one attached hydrogen (secondary N) is 2. The van der Waals surface area contributed by atoms with Crippen LogP contribution in [0.25, 0.3) is 0 Å². The maximum Gasteiger partial charge on any atom is 0.178 e. The van der Waals surface area contributed by atoms with E-state index in [9.17, 15) is 13.9 Å². The minimum absolute atomic E-state index is 0.0969. The van der Waals surface area contributed by atoms with E-state index in [2.05, 4.69) is 15.7 Å². The highest BCUT2D eigenvalue weighted by atomic mass is 19.1. The van der Waals surface area contributed by atoms with Crippen LogP contribution in [0.2, 0.25) is 0 Å². The lowest BCUT2D eigenvalue weighted by Crippen LogP contribution is -2.33. The van der Waals surface area contributed by atoms with Gasteiger partial charge in [0.05, 0.1) is 12.1 Å². The zero-order valence-electron chi connectivity index (χ0n) is 10.5. The Morgan fingerprint density at radius 2 is 1.84 bits per heavy atom. The fourth-order valence-corrected chi connectivity index (χ4v) is 2.30. The molecule has 1 aliphatic carbocycles. The number of aliphatic hydroxyl groups excluding tert-OH is 1. The molecule has 0 aromatic carbocycles. The number of nitrogen functional groups attached to an aromatic ring is 1. The summed E-state index contributed by atoms with van der Waals surface area (Å²) in [5.41, 5.74) is 2.07. The van der Waals surface area contributed by atoms with Gasteiger partial charge in [-0.1, -0.05) is 19.3 Å². The second kappa shape index (κ2) is 6.12. The first-order chi connectivity index (χ1) is 9.11. The highest BCUT2D eigenvalue weighted by Gasteiger charge is 2.23. The summed E-state index contributed by atoms with van der Waals surface area (Å²) in [5, 5.41) is 12.8. The summed E-state index contributed by atoms with van der Waals surface area (Å²) < 4.78 is 26.9. The van der Waals surface area contributed by atoms with E-state index in [-0.39, 0.29) is 17.7 Å². The molecule has 0 aliphatic heterocycles. The van der Waals surface area contributed by atoms with Gasteiger partial charge in [-0.25, -0.2) is 19.6 Å². The number of hydrazine groups is 1. The highest BCUT2D eigenvalue weighted by Crippen LogP contribution is 2.24. The largest absolute Gasteiger partial charge is 0.391 e. The molecule has 5 nitrogen and oxygen atoms in total. The van der Waals surface area contributed by atoms with Crippen LogP contribution < -0.4 is 16.6 Å². The van der Waals surface area contributed by atoms with Gasteiger partial charge in [0.2, 0.25) is 0 Å². The van der Waals surface area contributed by atoms with Gasteiger partial charge in [0.15, 0.2) is 23.3 Å². The van der Waals surface area contributed by atoms with E-state index < -0.39 is 17.7 Å². The van der Waals surface area contributed by atoms with Crippen LogP contribution in [0.1, 0.15) is 32.1 Å². The van der Waals surface area contributed by atoms with Crippen molar-refractivity contribution in [2.45, 2.75) is 44.2 Å². The lowest BCUT2D eigenvalue weighted by Gasteiger charge is -2.22. The third kappa shape index (κ3) is 3.30. The number of nitrogens with zero attached hydrogens (tertiary/aromatic N) is 1. The molecule has 19 heavy (non-hydrogen) atoms. The van der Waals surface area contributed by atoms with Gasteiger partial charge in [-0.2, -0.15) is 0 Å². The molecule has 1 saturated carbocycles. The van der Waals surface area contributed by atoms with Crippen LogP contribution in [-0.4, -0.2) is 22.2 Å². The fourth-order valence-electron chi connectivity index (χ4n) is 2.30. The molecule has 1 fully saturated rings. The zero-order valence-corrected chi connectivity index (χ0v) is 10.5. The summed E-state index contributed by atoms with van der Waals surface area (Å²) in [6.07, 6.45) is 3.80. The lowest BCUT2D eigenvalue weighted by atomic mass is 10.1. The molecule has 1 aliphatic rings. The molecule has 0 amide bonds. The van der Waals surface area contributed by atoms with Crippen molar-refractivity contribution in [3.8, 4) is 0 Å². The van der Waals surface area contributed by atoms with E-state index in [4.69, 9.17) is 5.84 Å². The summed E-state index contributed by atoms with van der Waals surface area (Å²) in [5.74, 6) is 3.12. The van der Waals surface area contributed by atoms with Gasteiger partial charge >= 0.3 is 0 Å². The maximum atomic E-state index is 13.6. The smallest absolute Gasteiger partial charge is 0.178 e. The molecule has 1 heterocycles. The fraction of sp³-hybridized carbons (Fsp3) is 0.583. The highest BCUT2D eigenvalue weighted by molar-refractivity contribution is 5.47. The number of pyridine rings is 1. The van der Waals surface area contributed by atoms with Crippen LogP contribution in [0, 0.1) is 11.6 Å². The predicted octanol–water partition coefficient (Wildman–Crippen LogP) is 1.75.